The minimum absolute atomic E-state index is 0.0932. The second kappa shape index (κ2) is 11.0. The van der Waals surface area contributed by atoms with Crippen molar-refractivity contribution in [3.63, 3.8) is 0 Å². The number of aliphatic carboxylic acids is 2. The third kappa shape index (κ3) is 5.37. The number of phenolic OH excluding ortho intramolecular Hbond substituents is 4. The van der Waals surface area contributed by atoms with Crippen molar-refractivity contribution < 1.29 is 69.8 Å². The van der Waals surface area contributed by atoms with E-state index in [2.05, 4.69) is 0 Å². The lowest BCUT2D eigenvalue weighted by Crippen LogP contribution is -2.56. The van der Waals surface area contributed by atoms with Crippen LogP contribution < -0.4 is 0 Å². The van der Waals surface area contributed by atoms with Gasteiger partial charge in [-0.3, -0.25) is 4.79 Å². The lowest BCUT2D eigenvalue weighted by atomic mass is 9.71. The van der Waals surface area contributed by atoms with Gasteiger partial charge in [0, 0.05) is 12.3 Å². The highest BCUT2D eigenvalue weighted by Crippen LogP contribution is 2.47. The number of phenols is 4. The van der Waals surface area contributed by atoms with Gasteiger partial charge in [-0.2, -0.15) is 0 Å². The zero-order valence-corrected chi connectivity index (χ0v) is 20.5. The van der Waals surface area contributed by atoms with Crippen molar-refractivity contribution in [2.45, 2.75) is 42.9 Å². The molecule has 0 amide bonds. The van der Waals surface area contributed by atoms with Crippen LogP contribution in [0.5, 0.6) is 23.0 Å². The number of hydrogen-bond acceptors (Lipinski definition) is 12. The monoisotopic (exact) mass is 562 g/mol. The molecule has 214 valence electrons. The number of carboxylic acid groups (broad SMARTS) is 2. The summed E-state index contributed by atoms with van der Waals surface area (Å²) in [6.07, 6.45) is -7.97. The fourth-order valence-corrected chi connectivity index (χ4v) is 4.90. The first-order valence-electron chi connectivity index (χ1n) is 11.9. The van der Waals surface area contributed by atoms with Crippen LogP contribution in [0.15, 0.2) is 35.9 Å². The summed E-state index contributed by atoms with van der Waals surface area (Å²) >= 11 is 0. The first-order valence-corrected chi connectivity index (χ1v) is 11.9. The molecule has 0 saturated carbocycles. The number of hydrogen-bond donors (Lipinski definition) is 9. The van der Waals surface area contributed by atoms with Gasteiger partial charge in [0.25, 0.3) is 0 Å². The van der Waals surface area contributed by atoms with Crippen LogP contribution in [0.2, 0.25) is 0 Å². The van der Waals surface area contributed by atoms with E-state index in [0.717, 1.165) is 30.3 Å². The molecule has 0 unspecified atom stereocenters. The predicted octanol–water partition coefficient (Wildman–Crippen LogP) is -0.393. The van der Waals surface area contributed by atoms with Crippen LogP contribution in [0, 0.1) is 5.92 Å². The summed E-state index contributed by atoms with van der Waals surface area (Å²) in [6, 6.07) is 5.60. The van der Waals surface area contributed by atoms with Crippen LogP contribution in [0.25, 0.3) is 6.08 Å². The predicted molar refractivity (Wildman–Crippen MR) is 130 cm³/mol. The Morgan fingerprint density at radius 3 is 2.23 bits per heavy atom. The van der Waals surface area contributed by atoms with Gasteiger partial charge in [-0.1, -0.05) is 6.07 Å². The van der Waals surface area contributed by atoms with Gasteiger partial charge in [0.05, 0.1) is 18.1 Å². The number of rotatable bonds is 7. The molecular formula is C26H26O14. The Kier molecular flexibility index (Phi) is 7.88. The second-order valence-corrected chi connectivity index (χ2v) is 9.50. The van der Waals surface area contributed by atoms with Gasteiger partial charge in [-0.05, 0) is 47.0 Å². The normalized spacial score (nSPS) is 26.7. The van der Waals surface area contributed by atoms with E-state index in [4.69, 9.17) is 14.6 Å². The number of carbonyl (C=O) groups is 3. The molecule has 9 N–H and O–H groups in total. The van der Waals surface area contributed by atoms with Crippen molar-refractivity contribution in [2.24, 2.45) is 5.92 Å². The van der Waals surface area contributed by atoms with Crippen molar-refractivity contribution in [1.29, 1.82) is 0 Å². The molecule has 1 aliphatic heterocycles. The Morgan fingerprint density at radius 2 is 1.60 bits per heavy atom. The molecule has 1 saturated heterocycles. The minimum atomic E-state index is -1.97. The molecule has 1 aliphatic carbocycles. The topological polar surface area (TPSA) is 252 Å². The number of carbonyl (C=O) groups excluding carboxylic acids is 1. The number of aliphatic hydroxyl groups is 3. The first kappa shape index (κ1) is 28.6. The molecular weight excluding hydrogens is 536 g/mol. The van der Waals surface area contributed by atoms with Gasteiger partial charge < -0.3 is 55.4 Å². The molecule has 0 radical (unpaired) electrons. The minimum Gasteiger partial charge on any atom is -0.504 e. The average Bonchev–Trinajstić information content (AvgIpc) is 2.89. The maximum atomic E-state index is 13.5. The molecule has 0 spiro atoms. The summed E-state index contributed by atoms with van der Waals surface area (Å²) in [6.45, 7) is -0.463. The Labute approximate surface area is 225 Å². The number of ether oxygens (including phenoxy) is 2. The van der Waals surface area contributed by atoms with Crippen LogP contribution >= 0.6 is 0 Å². The fourth-order valence-electron chi connectivity index (χ4n) is 4.90. The maximum absolute atomic E-state index is 13.5. The molecule has 0 aromatic heterocycles. The second-order valence-electron chi connectivity index (χ2n) is 9.50. The standard InChI is InChI=1S/C26H26O14/c27-13-2-1-9(4-14(13)28)20-11-6-16(30)15(29)5-10(11)3-12(21(20)25(36)37)26(38)40-23-19(7-17(31)24(34)35)39-8-18(32)22(23)33/h1-6,17-23,27-33H,7-8H2,(H,34,35)(H,36,37)/t17-,18+,19+,20-,21-,22+,23+/m1/s1. The molecule has 2 aliphatic rings. The van der Waals surface area contributed by atoms with E-state index in [0.29, 0.717) is 0 Å². The highest BCUT2D eigenvalue weighted by molar-refractivity contribution is 6.02. The summed E-state index contributed by atoms with van der Waals surface area (Å²) in [4.78, 5) is 37.2. The summed E-state index contributed by atoms with van der Waals surface area (Å²) in [5, 5.41) is 89.6. The van der Waals surface area contributed by atoms with E-state index in [-0.39, 0.29) is 16.7 Å². The summed E-state index contributed by atoms with van der Waals surface area (Å²) in [5.41, 5.74) is -0.169. The highest BCUT2D eigenvalue weighted by atomic mass is 16.6. The molecule has 0 bridgehead atoms. The molecule has 1 fully saturated rings. The average molecular weight is 562 g/mol. The Morgan fingerprint density at radius 1 is 0.950 bits per heavy atom. The Balaban J connectivity index is 1.79. The third-order valence-corrected chi connectivity index (χ3v) is 6.92. The SMILES string of the molecule is O=C(O[C@@H]1[C@@H](O)[C@@H](O)CO[C@H]1C[C@@H](O)C(=O)O)C1=Cc2cc(O)c(O)cc2[C@@H](c2ccc(O)c(O)c2)[C@@H]1C(=O)O. The highest BCUT2D eigenvalue weighted by Gasteiger charge is 2.46. The van der Waals surface area contributed by atoms with E-state index >= 15 is 0 Å². The van der Waals surface area contributed by atoms with Crippen LogP contribution in [0.3, 0.4) is 0 Å². The quantitative estimate of drug-likeness (QED) is 0.154. The molecule has 2 aromatic rings. The molecule has 40 heavy (non-hydrogen) atoms. The number of benzene rings is 2. The zero-order chi connectivity index (χ0) is 29.5. The van der Waals surface area contributed by atoms with Crippen molar-refractivity contribution in [1.82, 2.24) is 0 Å². The van der Waals surface area contributed by atoms with Crippen LogP contribution in [-0.4, -0.2) is 101 Å². The summed E-state index contributed by atoms with van der Waals surface area (Å²) in [5.74, 6) is -9.76. The van der Waals surface area contributed by atoms with Gasteiger partial charge in [0.2, 0.25) is 0 Å². The number of carboxylic acids is 2. The first-order chi connectivity index (χ1) is 18.8. The molecule has 2 aromatic carbocycles. The molecule has 4 rings (SSSR count). The molecule has 14 heteroatoms. The fraction of sp³-hybridized carbons (Fsp3) is 0.346. The molecule has 7 atom stereocenters. The van der Waals surface area contributed by atoms with E-state index in [1.165, 1.54) is 6.07 Å². The van der Waals surface area contributed by atoms with Gasteiger partial charge in [-0.15, -0.1) is 0 Å². The van der Waals surface area contributed by atoms with Crippen molar-refractivity contribution in [3.05, 3.63) is 52.6 Å². The Hall–Kier alpha value is -4.37. The lowest BCUT2D eigenvalue weighted by Gasteiger charge is -2.39. The number of aliphatic hydroxyl groups excluding tert-OH is 3. The number of esters is 1. The van der Waals surface area contributed by atoms with Crippen LogP contribution in [0.4, 0.5) is 0 Å². The number of aromatic hydroxyl groups is 4. The molecule has 1 heterocycles. The van der Waals surface area contributed by atoms with E-state index in [1.54, 1.807) is 0 Å². The van der Waals surface area contributed by atoms with Crippen LogP contribution in [-0.2, 0) is 23.9 Å². The summed E-state index contributed by atoms with van der Waals surface area (Å²) in [7, 11) is 0. The van der Waals surface area contributed by atoms with Crippen molar-refractivity contribution in [3.8, 4) is 23.0 Å². The number of fused-ring (bicyclic) bond motifs is 1. The largest absolute Gasteiger partial charge is 0.504 e. The van der Waals surface area contributed by atoms with E-state index in [1.807, 2.05) is 0 Å². The van der Waals surface area contributed by atoms with E-state index < -0.39 is 102 Å². The van der Waals surface area contributed by atoms with Gasteiger partial charge >= 0.3 is 17.9 Å². The maximum Gasteiger partial charge on any atom is 0.335 e. The van der Waals surface area contributed by atoms with Crippen molar-refractivity contribution in [2.75, 3.05) is 6.61 Å². The van der Waals surface area contributed by atoms with Gasteiger partial charge in [0.1, 0.15) is 18.3 Å². The lowest BCUT2D eigenvalue weighted by molar-refractivity contribution is -0.211. The zero-order valence-electron chi connectivity index (χ0n) is 20.5. The summed E-state index contributed by atoms with van der Waals surface area (Å²) < 4.78 is 10.7. The smallest absolute Gasteiger partial charge is 0.335 e. The van der Waals surface area contributed by atoms with Gasteiger partial charge in [-0.25, -0.2) is 9.59 Å². The molecule has 14 nitrogen and oxygen atoms in total. The van der Waals surface area contributed by atoms with E-state index in [9.17, 15) is 55.2 Å². The van der Waals surface area contributed by atoms with Crippen molar-refractivity contribution >= 4 is 24.0 Å². The van der Waals surface area contributed by atoms with Crippen LogP contribution in [0.1, 0.15) is 29.0 Å². The third-order valence-electron chi connectivity index (χ3n) is 6.92. The Bertz CT molecular complexity index is 1370. The van der Waals surface area contributed by atoms with Gasteiger partial charge in [0.15, 0.2) is 35.2 Å².